The van der Waals surface area contributed by atoms with Gasteiger partial charge < -0.3 is 15.0 Å². The van der Waals surface area contributed by atoms with E-state index in [1.54, 1.807) is 0 Å². The van der Waals surface area contributed by atoms with Gasteiger partial charge >= 0.3 is 0 Å². The molecule has 1 saturated heterocycles. The fourth-order valence-corrected chi connectivity index (χ4v) is 4.78. The predicted octanol–water partition coefficient (Wildman–Crippen LogP) is 5.35. The van der Waals surface area contributed by atoms with Crippen LogP contribution in [0.15, 0.2) is 72.8 Å². The number of benzene rings is 3. The maximum atomic E-state index is 14.5. The third-order valence-corrected chi connectivity index (χ3v) is 6.81. The fraction of sp³-hybridized carbons (Fsp3) is 0.333. The van der Waals surface area contributed by atoms with Crippen molar-refractivity contribution >= 4 is 11.8 Å². The average molecular weight is 507 g/mol. The highest BCUT2D eigenvalue weighted by Crippen LogP contribution is 2.28. The van der Waals surface area contributed by atoms with E-state index < -0.39 is 35.9 Å². The number of nitrogens with zero attached hydrogens (tertiary/aromatic N) is 1. The van der Waals surface area contributed by atoms with E-state index in [2.05, 4.69) is 19.2 Å². The van der Waals surface area contributed by atoms with Crippen LogP contribution in [0.25, 0.3) is 0 Å². The molecule has 3 aromatic rings. The van der Waals surface area contributed by atoms with Crippen LogP contribution in [0.2, 0.25) is 0 Å². The Labute approximate surface area is 216 Å². The van der Waals surface area contributed by atoms with E-state index in [-0.39, 0.29) is 19.4 Å². The van der Waals surface area contributed by atoms with Crippen molar-refractivity contribution in [2.45, 2.75) is 50.9 Å². The van der Waals surface area contributed by atoms with E-state index in [9.17, 15) is 18.4 Å². The lowest BCUT2D eigenvalue weighted by atomic mass is 9.95. The number of rotatable bonds is 8. The van der Waals surface area contributed by atoms with Gasteiger partial charge in [0.05, 0.1) is 26.1 Å². The molecular formula is C30H32F2N2O3. The summed E-state index contributed by atoms with van der Waals surface area (Å²) in [5, 5.41) is 3.06. The van der Waals surface area contributed by atoms with Crippen molar-refractivity contribution in [1.82, 2.24) is 10.2 Å². The molecule has 1 aliphatic heterocycles. The summed E-state index contributed by atoms with van der Waals surface area (Å²) >= 11 is 0. The maximum absolute atomic E-state index is 14.5. The van der Waals surface area contributed by atoms with Crippen molar-refractivity contribution in [3.05, 3.63) is 101 Å². The minimum atomic E-state index is -1.32. The van der Waals surface area contributed by atoms with Gasteiger partial charge in [0.1, 0.15) is 23.8 Å². The number of methoxy groups -OCH3 is 1. The molecule has 5 nitrogen and oxygen atoms in total. The van der Waals surface area contributed by atoms with Crippen LogP contribution in [0.1, 0.15) is 54.5 Å². The van der Waals surface area contributed by atoms with Crippen LogP contribution < -0.4 is 10.1 Å². The van der Waals surface area contributed by atoms with Gasteiger partial charge in [-0.25, -0.2) is 8.78 Å². The van der Waals surface area contributed by atoms with Crippen molar-refractivity contribution in [3.63, 3.8) is 0 Å². The zero-order valence-corrected chi connectivity index (χ0v) is 21.3. The van der Waals surface area contributed by atoms with Crippen molar-refractivity contribution in [2.24, 2.45) is 0 Å². The van der Waals surface area contributed by atoms with Gasteiger partial charge in [-0.3, -0.25) is 9.59 Å². The number of alkyl halides is 1. The molecule has 1 fully saturated rings. The Balaban J connectivity index is 1.56. The number of carbonyl (C=O) groups excluding carboxylic acids is 2. The van der Waals surface area contributed by atoms with Gasteiger partial charge in [0.25, 0.3) is 0 Å². The highest BCUT2D eigenvalue weighted by atomic mass is 19.1. The molecule has 1 aliphatic rings. The molecule has 0 spiro atoms. The molecule has 3 aromatic carbocycles. The SMILES string of the molecule is COc1ccc(F)cc1CC(=O)N1CC(F)CC1C(=O)NC(c1ccccc1)c1ccc(C(C)C)cc1. The topological polar surface area (TPSA) is 58.6 Å². The third kappa shape index (κ3) is 6.16. The second-order valence-electron chi connectivity index (χ2n) is 9.70. The summed E-state index contributed by atoms with van der Waals surface area (Å²) in [7, 11) is 1.43. The molecule has 4 rings (SSSR count). The molecular weight excluding hydrogens is 474 g/mol. The van der Waals surface area contributed by atoms with E-state index in [1.165, 1.54) is 35.8 Å². The monoisotopic (exact) mass is 506 g/mol. The molecule has 194 valence electrons. The van der Waals surface area contributed by atoms with Crippen LogP contribution in [0, 0.1) is 5.82 Å². The first kappa shape index (κ1) is 26.3. The summed E-state index contributed by atoms with van der Waals surface area (Å²) in [5.41, 5.74) is 3.30. The number of carbonyl (C=O) groups is 2. The van der Waals surface area contributed by atoms with Gasteiger partial charge in [-0.15, -0.1) is 0 Å². The lowest BCUT2D eigenvalue weighted by molar-refractivity contribution is -0.138. The number of nitrogens with one attached hydrogen (secondary N) is 1. The Morgan fingerprint density at radius 1 is 1.00 bits per heavy atom. The Hall–Kier alpha value is -3.74. The molecule has 1 heterocycles. The number of hydrogen-bond acceptors (Lipinski definition) is 3. The summed E-state index contributed by atoms with van der Waals surface area (Å²) in [6.07, 6.45) is -1.61. The van der Waals surface area contributed by atoms with Crippen LogP contribution in [-0.4, -0.2) is 42.6 Å². The summed E-state index contributed by atoms with van der Waals surface area (Å²) in [6, 6.07) is 20.1. The van der Waals surface area contributed by atoms with Crippen molar-refractivity contribution in [1.29, 1.82) is 0 Å². The van der Waals surface area contributed by atoms with Crippen LogP contribution in [0.5, 0.6) is 5.75 Å². The quantitative estimate of drug-likeness (QED) is 0.448. The summed E-state index contributed by atoms with van der Waals surface area (Å²) in [5.74, 6) is -0.657. The van der Waals surface area contributed by atoms with E-state index in [0.717, 1.165) is 11.1 Å². The van der Waals surface area contributed by atoms with Gasteiger partial charge in [0.15, 0.2) is 0 Å². The zero-order valence-electron chi connectivity index (χ0n) is 21.3. The molecule has 0 aromatic heterocycles. The summed E-state index contributed by atoms with van der Waals surface area (Å²) in [4.78, 5) is 28.0. The second-order valence-corrected chi connectivity index (χ2v) is 9.70. The molecule has 3 unspecified atom stereocenters. The molecule has 1 N–H and O–H groups in total. The maximum Gasteiger partial charge on any atom is 0.243 e. The highest BCUT2D eigenvalue weighted by molar-refractivity contribution is 5.90. The predicted molar refractivity (Wildman–Crippen MR) is 139 cm³/mol. The standard InChI is InChI=1S/C30H32F2N2O3/c1-19(2)20-9-11-22(12-10-20)29(21-7-5-4-6-8-21)33-30(36)26-17-25(32)18-34(26)28(35)16-23-15-24(31)13-14-27(23)37-3/h4-15,19,25-26,29H,16-18H2,1-3H3,(H,33,36). The summed E-state index contributed by atoms with van der Waals surface area (Å²) in [6.45, 7) is 4.04. The second kappa shape index (κ2) is 11.5. The average Bonchev–Trinajstić information content (AvgIpc) is 3.30. The van der Waals surface area contributed by atoms with Crippen molar-refractivity contribution < 1.29 is 23.1 Å². The first-order valence-electron chi connectivity index (χ1n) is 12.5. The number of halogens is 2. The van der Waals surface area contributed by atoms with Crippen molar-refractivity contribution in [2.75, 3.05) is 13.7 Å². The Morgan fingerprint density at radius 3 is 2.30 bits per heavy atom. The number of likely N-dealkylation sites (tertiary alicyclic amines) is 1. The smallest absolute Gasteiger partial charge is 0.243 e. The normalized spacial score (nSPS) is 18.1. The largest absolute Gasteiger partial charge is 0.496 e. The number of hydrogen-bond donors (Lipinski definition) is 1. The van der Waals surface area contributed by atoms with Crippen LogP contribution in [0.4, 0.5) is 8.78 Å². The lowest BCUT2D eigenvalue weighted by Crippen LogP contribution is -2.47. The molecule has 7 heteroatoms. The molecule has 0 bridgehead atoms. The number of amides is 2. The van der Waals surface area contributed by atoms with E-state index in [0.29, 0.717) is 17.2 Å². The Morgan fingerprint density at radius 2 is 1.65 bits per heavy atom. The van der Waals surface area contributed by atoms with E-state index in [4.69, 9.17) is 4.74 Å². The lowest BCUT2D eigenvalue weighted by Gasteiger charge is -2.27. The molecule has 0 saturated carbocycles. The molecule has 37 heavy (non-hydrogen) atoms. The van der Waals surface area contributed by atoms with Gasteiger partial charge in [0.2, 0.25) is 11.8 Å². The van der Waals surface area contributed by atoms with Gasteiger partial charge in [-0.2, -0.15) is 0 Å². The van der Waals surface area contributed by atoms with Crippen LogP contribution >= 0.6 is 0 Å². The van der Waals surface area contributed by atoms with Gasteiger partial charge in [0, 0.05) is 12.0 Å². The van der Waals surface area contributed by atoms with Crippen molar-refractivity contribution in [3.8, 4) is 5.75 Å². The van der Waals surface area contributed by atoms with Gasteiger partial charge in [-0.1, -0.05) is 68.4 Å². The Bertz CT molecular complexity index is 1230. The third-order valence-electron chi connectivity index (χ3n) is 6.81. The van der Waals surface area contributed by atoms with E-state index >= 15 is 0 Å². The highest BCUT2D eigenvalue weighted by Gasteiger charge is 2.40. The zero-order chi connectivity index (χ0) is 26.5. The first-order chi connectivity index (χ1) is 17.8. The molecule has 0 radical (unpaired) electrons. The minimum Gasteiger partial charge on any atom is -0.496 e. The first-order valence-corrected chi connectivity index (χ1v) is 12.5. The fourth-order valence-electron chi connectivity index (χ4n) is 4.78. The van der Waals surface area contributed by atoms with Gasteiger partial charge in [-0.05, 0) is 40.8 Å². The Kier molecular flexibility index (Phi) is 8.21. The number of ether oxygens (including phenoxy) is 1. The molecule has 3 atom stereocenters. The molecule has 0 aliphatic carbocycles. The van der Waals surface area contributed by atoms with E-state index in [1.807, 2.05) is 54.6 Å². The summed E-state index contributed by atoms with van der Waals surface area (Å²) < 4.78 is 33.6. The minimum absolute atomic E-state index is 0.0916. The van der Waals surface area contributed by atoms with Crippen LogP contribution in [0.3, 0.4) is 0 Å². The van der Waals surface area contributed by atoms with Crippen LogP contribution in [-0.2, 0) is 16.0 Å². The molecule has 2 amide bonds.